The number of nitrogens with one attached hydrogen (secondary N) is 1. The molecule has 5 aromatic rings. The van der Waals surface area contributed by atoms with Crippen molar-refractivity contribution in [1.29, 1.82) is 0 Å². The number of benzene rings is 2. The van der Waals surface area contributed by atoms with Gasteiger partial charge in [0.2, 0.25) is 4.96 Å². The maximum atomic E-state index is 13.0. The zero-order chi connectivity index (χ0) is 20.8. The highest BCUT2D eigenvalue weighted by molar-refractivity contribution is 7.21. The van der Waals surface area contributed by atoms with Crippen LogP contribution in [-0.4, -0.2) is 32.8 Å². The number of carbonyl (C=O) groups excluding carboxylic acids is 1. The summed E-state index contributed by atoms with van der Waals surface area (Å²) in [6.07, 6.45) is 1.54. The van der Waals surface area contributed by atoms with Crippen LogP contribution in [0.5, 0.6) is 5.75 Å². The Labute approximate surface area is 187 Å². The maximum Gasteiger partial charge on any atom is 0.267 e. The van der Waals surface area contributed by atoms with E-state index in [9.17, 15) is 4.79 Å². The van der Waals surface area contributed by atoms with Crippen LogP contribution in [0.25, 0.3) is 25.6 Å². The van der Waals surface area contributed by atoms with Gasteiger partial charge in [-0.1, -0.05) is 40.6 Å². The average Bonchev–Trinajstić information content (AvgIpc) is 3.41. The van der Waals surface area contributed by atoms with Gasteiger partial charge in [-0.2, -0.15) is 9.61 Å². The van der Waals surface area contributed by atoms with Crippen molar-refractivity contribution in [3.63, 3.8) is 0 Å². The number of thiophene rings is 1. The summed E-state index contributed by atoms with van der Waals surface area (Å²) in [6.45, 7) is 0. The lowest BCUT2D eigenvalue weighted by molar-refractivity contribution is 0.103. The Morgan fingerprint density at radius 3 is 2.83 bits per heavy atom. The fourth-order valence-corrected chi connectivity index (χ4v) is 5.48. The molecule has 3 heterocycles. The Kier molecular flexibility index (Phi) is 4.82. The molecule has 30 heavy (non-hydrogen) atoms. The Hall–Kier alpha value is -2.72. The number of methoxy groups -OCH3 is 1. The first-order chi connectivity index (χ1) is 14.5. The van der Waals surface area contributed by atoms with Gasteiger partial charge in [0.1, 0.15) is 22.0 Å². The molecule has 1 N–H and O–H groups in total. The quantitative estimate of drug-likeness (QED) is 0.363. The number of rotatable bonds is 4. The Morgan fingerprint density at radius 1 is 1.17 bits per heavy atom. The van der Waals surface area contributed by atoms with Crippen LogP contribution in [0.3, 0.4) is 0 Å². The fraction of sp³-hybridized carbons (Fsp3) is 0.0526. The van der Waals surface area contributed by atoms with Gasteiger partial charge in [-0.25, -0.2) is 0 Å². The summed E-state index contributed by atoms with van der Waals surface area (Å²) in [6, 6.07) is 10.8. The van der Waals surface area contributed by atoms with Crippen LogP contribution in [0.4, 0.5) is 5.69 Å². The summed E-state index contributed by atoms with van der Waals surface area (Å²) in [7, 11) is 1.54. The number of fused-ring (bicyclic) bond motifs is 2. The zero-order valence-corrected chi connectivity index (χ0v) is 18.4. The predicted molar refractivity (Wildman–Crippen MR) is 120 cm³/mol. The van der Waals surface area contributed by atoms with Crippen molar-refractivity contribution in [2.75, 3.05) is 12.4 Å². The van der Waals surface area contributed by atoms with Gasteiger partial charge in [-0.3, -0.25) is 4.79 Å². The van der Waals surface area contributed by atoms with Crippen molar-refractivity contribution in [3.8, 4) is 16.3 Å². The summed E-state index contributed by atoms with van der Waals surface area (Å²) in [4.78, 5) is 14.1. The molecule has 0 aliphatic rings. The Morgan fingerprint density at radius 2 is 2.03 bits per heavy atom. The van der Waals surface area contributed by atoms with Gasteiger partial charge in [0.25, 0.3) is 5.91 Å². The van der Waals surface area contributed by atoms with Crippen molar-refractivity contribution in [2.45, 2.75) is 0 Å². The Balaban J connectivity index is 1.51. The SMILES string of the molecule is COc1ccc(-c2nn3cnnc3s2)cc1NC(=O)c1sc2cc(Cl)ccc2c1Cl. The lowest BCUT2D eigenvalue weighted by atomic mass is 10.2. The van der Waals surface area contributed by atoms with E-state index >= 15 is 0 Å². The highest BCUT2D eigenvalue weighted by Gasteiger charge is 2.19. The minimum absolute atomic E-state index is 0.328. The van der Waals surface area contributed by atoms with Gasteiger partial charge in [0.05, 0.1) is 17.8 Å². The third-order valence-electron chi connectivity index (χ3n) is 4.38. The second-order valence-corrected chi connectivity index (χ2v) is 9.04. The molecule has 0 atom stereocenters. The standard InChI is InChI=1S/C19H11Cl2N5O2S2/c1-28-13-5-2-9(18-25-26-8-22-24-19(26)30-18)6-12(13)23-17(27)16-15(21)11-4-3-10(20)7-14(11)29-16/h2-8H,1H3,(H,23,27). The lowest BCUT2D eigenvalue weighted by Crippen LogP contribution is -2.11. The van der Waals surface area contributed by atoms with E-state index in [1.54, 1.807) is 35.9 Å². The number of ether oxygens (including phenoxy) is 1. The third kappa shape index (κ3) is 3.29. The van der Waals surface area contributed by atoms with Crippen LogP contribution in [0.2, 0.25) is 10.0 Å². The summed E-state index contributed by atoms with van der Waals surface area (Å²) >= 11 is 15.2. The van der Waals surface area contributed by atoms with Gasteiger partial charge in [-0.15, -0.1) is 21.5 Å². The number of halogens is 2. The van der Waals surface area contributed by atoms with Crippen LogP contribution >= 0.6 is 45.9 Å². The normalized spacial score (nSPS) is 11.3. The first-order valence-electron chi connectivity index (χ1n) is 8.57. The summed E-state index contributed by atoms with van der Waals surface area (Å²) < 4.78 is 7.86. The van der Waals surface area contributed by atoms with Gasteiger partial charge in [0, 0.05) is 20.7 Å². The first kappa shape index (κ1) is 19.3. The van der Waals surface area contributed by atoms with E-state index in [2.05, 4.69) is 20.6 Å². The largest absolute Gasteiger partial charge is 0.495 e. The number of amides is 1. The molecule has 3 aromatic heterocycles. The topological polar surface area (TPSA) is 81.4 Å². The molecule has 0 unspecified atom stereocenters. The molecular formula is C19H11Cl2N5O2S2. The van der Waals surface area contributed by atoms with Gasteiger partial charge in [0.15, 0.2) is 0 Å². The molecule has 1 amide bonds. The highest BCUT2D eigenvalue weighted by Crippen LogP contribution is 2.38. The highest BCUT2D eigenvalue weighted by atomic mass is 35.5. The second-order valence-electron chi connectivity index (χ2n) is 6.22. The van der Waals surface area contributed by atoms with E-state index in [4.69, 9.17) is 27.9 Å². The monoisotopic (exact) mass is 475 g/mol. The molecule has 0 bridgehead atoms. The van der Waals surface area contributed by atoms with E-state index in [0.717, 1.165) is 20.7 Å². The number of carbonyl (C=O) groups is 1. The minimum atomic E-state index is -0.328. The van der Waals surface area contributed by atoms with Crippen molar-refractivity contribution in [2.24, 2.45) is 0 Å². The number of hydrogen-bond donors (Lipinski definition) is 1. The maximum absolute atomic E-state index is 13.0. The van der Waals surface area contributed by atoms with Crippen molar-refractivity contribution in [1.82, 2.24) is 19.8 Å². The van der Waals surface area contributed by atoms with Gasteiger partial charge in [-0.05, 0) is 30.3 Å². The molecule has 0 spiro atoms. The molecule has 0 saturated heterocycles. The first-order valence-corrected chi connectivity index (χ1v) is 11.0. The molecule has 2 aromatic carbocycles. The molecular weight excluding hydrogens is 465 g/mol. The molecule has 150 valence electrons. The molecule has 0 aliphatic heterocycles. The van der Waals surface area contributed by atoms with Crippen molar-refractivity contribution >= 4 is 72.5 Å². The molecule has 7 nitrogen and oxygen atoms in total. The van der Waals surface area contributed by atoms with E-state index in [-0.39, 0.29) is 5.91 Å². The van der Waals surface area contributed by atoms with Gasteiger partial charge < -0.3 is 10.1 Å². The molecule has 11 heteroatoms. The van der Waals surface area contributed by atoms with E-state index < -0.39 is 0 Å². The summed E-state index contributed by atoms with van der Waals surface area (Å²) in [5.74, 6) is 0.196. The predicted octanol–water partition coefficient (Wildman–Crippen LogP) is 5.64. The number of nitrogens with zero attached hydrogens (tertiary/aromatic N) is 4. The third-order valence-corrected chi connectivity index (χ3v) is 7.23. The molecule has 0 radical (unpaired) electrons. The molecule has 0 saturated carbocycles. The molecule has 0 fully saturated rings. The second kappa shape index (κ2) is 7.51. The smallest absolute Gasteiger partial charge is 0.267 e. The zero-order valence-electron chi connectivity index (χ0n) is 15.2. The average molecular weight is 476 g/mol. The number of anilines is 1. The van der Waals surface area contributed by atoms with E-state index in [1.165, 1.54) is 29.0 Å². The van der Waals surface area contributed by atoms with Crippen molar-refractivity contribution < 1.29 is 9.53 Å². The van der Waals surface area contributed by atoms with Gasteiger partial charge >= 0.3 is 0 Å². The minimum Gasteiger partial charge on any atom is -0.495 e. The summed E-state index contributed by atoms with van der Waals surface area (Å²) in [5.41, 5.74) is 1.33. The fourth-order valence-electron chi connectivity index (χ4n) is 2.98. The summed E-state index contributed by atoms with van der Waals surface area (Å²) in [5, 5.41) is 17.7. The van der Waals surface area contributed by atoms with Crippen LogP contribution in [-0.2, 0) is 0 Å². The van der Waals surface area contributed by atoms with Crippen LogP contribution in [0, 0.1) is 0 Å². The number of aromatic nitrogens is 4. The van der Waals surface area contributed by atoms with Crippen LogP contribution < -0.4 is 10.1 Å². The Bertz CT molecular complexity index is 1400. The molecule has 0 aliphatic carbocycles. The molecule has 5 rings (SSSR count). The van der Waals surface area contributed by atoms with Crippen LogP contribution in [0.15, 0.2) is 42.7 Å². The van der Waals surface area contributed by atoms with E-state index in [0.29, 0.717) is 31.3 Å². The number of hydrogen-bond acceptors (Lipinski definition) is 7. The van der Waals surface area contributed by atoms with Crippen LogP contribution in [0.1, 0.15) is 9.67 Å². The van der Waals surface area contributed by atoms with Crippen molar-refractivity contribution in [3.05, 3.63) is 57.6 Å². The van der Waals surface area contributed by atoms with E-state index in [1.807, 2.05) is 12.1 Å². The lowest BCUT2D eigenvalue weighted by Gasteiger charge is -2.11.